The van der Waals surface area contributed by atoms with Gasteiger partial charge in [0.2, 0.25) is 15.2 Å². The summed E-state index contributed by atoms with van der Waals surface area (Å²) in [6, 6.07) is 0. The molecule has 0 amide bonds. The van der Waals surface area contributed by atoms with E-state index < -0.39 is 10.0 Å². The van der Waals surface area contributed by atoms with Gasteiger partial charge in [0.15, 0.2) is 5.96 Å². The van der Waals surface area contributed by atoms with Gasteiger partial charge < -0.3 is 15.1 Å². The van der Waals surface area contributed by atoms with E-state index >= 15 is 0 Å². The molecule has 2 aliphatic heterocycles. The van der Waals surface area contributed by atoms with Gasteiger partial charge >= 0.3 is 0 Å². The summed E-state index contributed by atoms with van der Waals surface area (Å²) in [5.74, 6) is 3.52. The van der Waals surface area contributed by atoms with Crippen LogP contribution in [0.1, 0.15) is 12.7 Å². The predicted molar refractivity (Wildman–Crippen MR) is 117 cm³/mol. The van der Waals surface area contributed by atoms with Gasteiger partial charge in [0.05, 0.1) is 5.75 Å². The summed E-state index contributed by atoms with van der Waals surface area (Å²) in [6.45, 7) is 7.00. The van der Waals surface area contributed by atoms with Crippen molar-refractivity contribution in [2.75, 3.05) is 75.0 Å². The second-order valence-electron chi connectivity index (χ2n) is 6.62. The Morgan fingerprint density at radius 1 is 1.18 bits per heavy atom. The molecule has 0 radical (unpaired) electrons. The molecule has 0 bridgehead atoms. The lowest BCUT2D eigenvalue weighted by atomic mass is 10.3. The highest BCUT2D eigenvalue weighted by Gasteiger charge is 2.25. The number of rotatable bonds is 6. The smallest absolute Gasteiger partial charge is 0.215 e. The van der Waals surface area contributed by atoms with Crippen molar-refractivity contribution in [3.8, 4) is 0 Å². The Bertz CT molecular complexity index is 754. The van der Waals surface area contributed by atoms with Crippen LogP contribution in [0.25, 0.3) is 0 Å². The Hall–Kier alpha value is -1.11. The third kappa shape index (κ3) is 5.49. The quantitative estimate of drug-likeness (QED) is 0.487. The van der Waals surface area contributed by atoms with Gasteiger partial charge in [0.1, 0.15) is 5.82 Å². The number of nitrogens with one attached hydrogen (secondary N) is 1. The molecule has 2 aliphatic rings. The highest BCUT2D eigenvalue weighted by molar-refractivity contribution is 7.99. The second-order valence-corrected chi connectivity index (χ2v) is 10.7. The molecule has 0 unspecified atom stereocenters. The van der Waals surface area contributed by atoms with Crippen LogP contribution in [0.15, 0.2) is 4.99 Å². The molecule has 1 aromatic heterocycles. The summed E-state index contributed by atoms with van der Waals surface area (Å²) in [5.41, 5.74) is 0. The van der Waals surface area contributed by atoms with E-state index in [1.165, 1.54) is 11.5 Å². The topological polar surface area (TPSA) is 94.0 Å². The summed E-state index contributed by atoms with van der Waals surface area (Å²) in [4.78, 5) is 13.3. The van der Waals surface area contributed by atoms with Crippen LogP contribution in [-0.4, -0.2) is 103 Å². The van der Waals surface area contributed by atoms with Crippen LogP contribution < -0.4 is 10.2 Å². The Labute approximate surface area is 175 Å². The maximum Gasteiger partial charge on any atom is 0.215 e. The summed E-state index contributed by atoms with van der Waals surface area (Å²) in [6.07, 6.45) is 0.853. The van der Waals surface area contributed by atoms with E-state index in [-0.39, 0.29) is 5.75 Å². The van der Waals surface area contributed by atoms with E-state index in [0.717, 1.165) is 61.0 Å². The van der Waals surface area contributed by atoms with Gasteiger partial charge in [0, 0.05) is 82.3 Å². The number of hydrogen-bond donors (Lipinski definition) is 1. The fourth-order valence-corrected chi connectivity index (χ4v) is 6.50. The summed E-state index contributed by atoms with van der Waals surface area (Å²) in [7, 11) is -1.46. The molecule has 158 valence electrons. The first-order valence-electron chi connectivity index (χ1n) is 9.62. The second kappa shape index (κ2) is 10.1. The van der Waals surface area contributed by atoms with Gasteiger partial charge in [0.25, 0.3) is 0 Å². The highest BCUT2D eigenvalue weighted by Crippen LogP contribution is 2.19. The number of anilines is 1. The van der Waals surface area contributed by atoms with Crippen LogP contribution >= 0.6 is 23.3 Å². The minimum absolute atomic E-state index is 0.0984. The lowest BCUT2D eigenvalue weighted by Gasteiger charge is -2.36. The van der Waals surface area contributed by atoms with Gasteiger partial charge in [-0.15, -0.1) is 0 Å². The normalized spacial score (nSPS) is 19.9. The monoisotopic (exact) mass is 447 g/mol. The zero-order valence-corrected chi connectivity index (χ0v) is 19.0. The molecule has 2 saturated heterocycles. The van der Waals surface area contributed by atoms with E-state index in [1.807, 2.05) is 11.8 Å². The molecular weight excluding hydrogens is 418 g/mol. The molecule has 1 N–H and O–H groups in total. The van der Waals surface area contributed by atoms with E-state index in [9.17, 15) is 8.42 Å². The Kier molecular flexibility index (Phi) is 7.77. The van der Waals surface area contributed by atoms with Crippen LogP contribution in [0, 0.1) is 0 Å². The van der Waals surface area contributed by atoms with Crippen molar-refractivity contribution in [2.45, 2.75) is 13.3 Å². The number of sulfonamides is 1. The van der Waals surface area contributed by atoms with Gasteiger partial charge in [-0.3, -0.25) is 4.99 Å². The zero-order valence-electron chi connectivity index (χ0n) is 16.5. The summed E-state index contributed by atoms with van der Waals surface area (Å²) >= 11 is 3.26. The van der Waals surface area contributed by atoms with Gasteiger partial charge in [-0.2, -0.15) is 16.1 Å². The number of aryl methyl sites for hydroxylation is 1. The van der Waals surface area contributed by atoms with Crippen molar-refractivity contribution < 1.29 is 8.42 Å². The molecule has 0 atom stereocenters. The summed E-state index contributed by atoms with van der Waals surface area (Å²) < 4.78 is 30.9. The SMILES string of the molecule is CCc1nsc(N2CCN(C(=NC)NCCS(=O)(=O)N3CCSCC3)CC2)n1. The number of aliphatic imine (C=N–C) groups is 1. The predicted octanol–water partition coefficient (Wildman–Crippen LogP) is 0.177. The zero-order chi connectivity index (χ0) is 20.0. The first kappa shape index (κ1) is 21.6. The number of thioether (sulfide) groups is 1. The first-order chi connectivity index (χ1) is 13.5. The molecule has 28 heavy (non-hydrogen) atoms. The molecule has 0 spiro atoms. The van der Waals surface area contributed by atoms with Crippen molar-refractivity contribution in [1.29, 1.82) is 0 Å². The lowest BCUT2D eigenvalue weighted by molar-refractivity contribution is 0.373. The molecule has 3 heterocycles. The van der Waals surface area contributed by atoms with Crippen molar-refractivity contribution >= 4 is 44.4 Å². The Morgan fingerprint density at radius 2 is 1.89 bits per heavy atom. The van der Waals surface area contributed by atoms with Crippen LogP contribution in [0.3, 0.4) is 0 Å². The number of hydrogen-bond acceptors (Lipinski definition) is 8. The third-order valence-electron chi connectivity index (χ3n) is 4.84. The van der Waals surface area contributed by atoms with Crippen molar-refractivity contribution in [2.24, 2.45) is 4.99 Å². The van der Waals surface area contributed by atoms with Crippen LogP contribution in [0.4, 0.5) is 5.13 Å². The average Bonchev–Trinajstić information content (AvgIpc) is 3.21. The Morgan fingerprint density at radius 3 is 2.50 bits per heavy atom. The number of piperazine rings is 1. The average molecular weight is 448 g/mol. The largest absolute Gasteiger partial charge is 0.355 e. The number of nitrogens with zero attached hydrogens (tertiary/aromatic N) is 6. The molecule has 3 rings (SSSR count). The maximum absolute atomic E-state index is 12.5. The summed E-state index contributed by atoms with van der Waals surface area (Å²) in [5, 5.41) is 4.20. The van der Waals surface area contributed by atoms with Gasteiger partial charge in [-0.25, -0.2) is 17.7 Å². The molecule has 0 aromatic carbocycles. The minimum atomic E-state index is -3.20. The fraction of sp³-hybridized carbons (Fsp3) is 0.812. The third-order valence-corrected chi connectivity index (χ3v) is 8.47. The van der Waals surface area contributed by atoms with Gasteiger partial charge in [-0.1, -0.05) is 6.92 Å². The maximum atomic E-state index is 12.5. The standard InChI is InChI=1S/C16H29N7O2S3/c1-3-14-19-16(27-20-14)22-7-5-21(6-8-22)15(17-2)18-4-13-28(24,25)23-9-11-26-12-10-23/h3-13H2,1-2H3,(H,17,18). The fourth-order valence-electron chi connectivity index (χ4n) is 3.20. The van der Waals surface area contributed by atoms with Crippen LogP contribution in [-0.2, 0) is 16.4 Å². The first-order valence-corrected chi connectivity index (χ1v) is 13.2. The van der Waals surface area contributed by atoms with E-state index in [0.29, 0.717) is 19.6 Å². The van der Waals surface area contributed by atoms with Gasteiger partial charge in [-0.05, 0) is 0 Å². The van der Waals surface area contributed by atoms with Crippen molar-refractivity contribution in [1.82, 2.24) is 23.9 Å². The van der Waals surface area contributed by atoms with Crippen molar-refractivity contribution in [3.63, 3.8) is 0 Å². The number of guanidine groups is 1. The molecule has 12 heteroatoms. The minimum Gasteiger partial charge on any atom is -0.355 e. The molecular formula is C16H29N7O2S3. The van der Waals surface area contributed by atoms with Crippen molar-refractivity contribution in [3.05, 3.63) is 5.82 Å². The highest BCUT2D eigenvalue weighted by atomic mass is 32.2. The Balaban J connectivity index is 1.45. The lowest BCUT2D eigenvalue weighted by Crippen LogP contribution is -2.53. The van der Waals surface area contributed by atoms with Crippen LogP contribution in [0.5, 0.6) is 0 Å². The molecule has 0 aliphatic carbocycles. The van der Waals surface area contributed by atoms with E-state index in [4.69, 9.17) is 0 Å². The van der Waals surface area contributed by atoms with Crippen LogP contribution in [0.2, 0.25) is 0 Å². The van der Waals surface area contributed by atoms with E-state index in [2.05, 4.69) is 36.4 Å². The van der Waals surface area contributed by atoms with E-state index in [1.54, 1.807) is 11.4 Å². The molecule has 1 aromatic rings. The molecule has 9 nitrogen and oxygen atoms in total. The number of aromatic nitrogens is 2. The molecule has 2 fully saturated rings. The molecule has 0 saturated carbocycles.